The van der Waals surface area contributed by atoms with Gasteiger partial charge in [0.25, 0.3) is 17.7 Å². The number of hydrogen-bond acceptors (Lipinski definition) is 13. The van der Waals surface area contributed by atoms with Crippen molar-refractivity contribution >= 4 is 65.0 Å². The van der Waals surface area contributed by atoms with Gasteiger partial charge in [-0.3, -0.25) is 53.7 Å². The molecule has 354 valence electrons. The third-order valence-corrected chi connectivity index (χ3v) is 14.5. The minimum Gasteiger partial charge on any atom is -0.371 e. The number of rotatable bonds is 17. The molecule has 5 aliphatic rings. The zero-order valence-electron chi connectivity index (χ0n) is 37.8. The topological polar surface area (TPSA) is 195 Å². The first kappa shape index (κ1) is 47.5. The van der Waals surface area contributed by atoms with Gasteiger partial charge in [-0.05, 0) is 86.4 Å². The van der Waals surface area contributed by atoms with Crippen molar-refractivity contribution < 1.29 is 38.3 Å². The van der Waals surface area contributed by atoms with Gasteiger partial charge in [-0.15, -0.1) is 11.8 Å². The fraction of sp³-hybridized carbons (Fsp3) is 0.490. The van der Waals surface area contributed by atoms with Gasteiger partial charge in [-0.1, -0.05) is 25.0 Å². The SMILES string of the molecule is O=C(/C=C/c1cccnc1)NCCCCC1CCN(C(=O)c2ccc(N3CCC(N4CCN(C(=O)COCCSc5cccc6c5C(=O)N(C5CCC(=O)NC5=O)C6=O)CC4)CC3)nc2)CC1. The summed E-state index contributed by atoms with van der Waals surface area (Å²) in [4.78, 5) is 108. The van der Waals surface area contributed by atoms with Crippen molar-refractivity contribution in [3.63, 3.8) is 0 Å². The van der Waals surface area contributed by atoms with E-state index in [1.54, 1.807) is 48.9 Å². The fourth-order valence-corrected chi connectivity index (χ4v) is 10.6. The monoisotopic (exact) mass is 933 g/mol. The molecule has 18 heteroatoms. The minimum atomic E-state index is -1.02. The zero-order chi connectivity index (χ0) is 46.7. The van der Waals surface area contributed by atoms with Crippen LogP contribution in [0.2, 0.25) is 0 Å². The van der Waals surface area contributed by atoms with Gasteiger partial charge in [-0.2, -0.15) is 0 Å². The maximum atomic E-state index is 13.4. The lowest BCUT2D eigenvalue weighted by Gasteiger charge is -2.43. The van der Waals surface area contributed by atoms with Crippen molar-refractivity contribution in [3.05, 3.63) is 89.4 Å². The summed E-state index contributed by atoms with van der Waals surface area (Å²) in [5.41, 5.74) is 1.99. The second-order valence-electron chi connectivity index (χ2n) is 17.7. The summed E-state index contributed by atoms with van der Waals surface area (Å²) in [6, 6.07) is 12.0. The van der Waals surface area contributed by atoms with Crippen molar-refractivity contribution in [2.75, 3.05) is 82.8 Å². The van der Waals surface area contributed by atoms with E-state index in [9.17, 15) is 33.6 Å². The molecule has 5 aliphatic heterocycles. The summed E-state index contributed by atoms with van der Waals surface area (Å²) < 4.78 is 5.75. The average molecular weight is 934 g/mol. The van der Waals surface area contributed by atoms with Gasteiger partial charge in [0, 0.05) is 107 Å². The molecule has 0 radical (unpaired) electrons. The normalized spacial score (nSPS) is 19.9. The molecule has 1 unspecified atom stereocenters. The highest BCUT2D eigenvalue weighted by Gasteiger charge is 2.45. The highest BCUT2D eigenvalue weighted by atomic mass is 32.2. The quantitative estimate of drug-likeness (QED) is 0.0863. The van der Waals surface area contributed by atoms with Crippen LogP contribution in [0.5, 0.6) is 0 Å². The fourth-order valence-electron chi connectivity index (χ4n) is 9.64. The Labute approximate surface area is 395 Å². The zero-order valence-corrected chi connectivity index (χ0v) is 38.6. The first-order chi connectivity index (χ1) is 32.6. The Bertz CT molecular complexity index is 2310. The van der Waals surface area contributed by atoms with E-state index in [1.165, 1.54) is 11.8 Å². The molecule has 2 aromatic heterocycles. The van der Waals surface area contributed by atoms with Crippen molar-refractivity contribution in [3.8, 4) is 0 Å². The maximum Gasteiger partial charge on any atom is 0.263 e. The molecular formula is C49H59N9O8S. The molecule has 17 nitrogen and oxygen atoms in total. The van der Waals surface area contributed by atoms with E-state index in [1.807, 2.05) is 34.1 Å². The van der Waals surface area contributed by atoms with Gasteiger partial charge in [0.2, 0.25) is 23.6 Å². The number of pyridine rings is 2. The highest BCUT2D eigenvalue weighted by Crippen LogP contribution is 2.34. The minimum absolute atomic E-state index is 0.0356. The van der Waals surface area contributed by atoms with Crippen molar-refractivity contribution in [1.82, 2.24) is 40.2 Å². The number of hydrogen-bond donors (Lipinski definition) is 2. The molecule has 8 rings (SSSR count). The van der Waals surface area contributed by atoms with Gasteiger partial charge in [0.05, 0.1) is 23.3 Å². The standard InChI is InChI=1S/C49H59N9O8S/c59-42(13-9-35-6-4-19-50-31-35)51-20-2-1-5-34-15-21-57(22-16-34)47(63)36-10-12-41(52-32-36)55-23-17-37(18-24-55)54-25-27-56(28-26-54)44(61)33-66-29-30-67-40-8-3-7-38-45(40)49(65)58(48(38)64)39-11-14-43(60)53-46(39)62/h3-4,6-10,12-13,19,31-32,34,37,39H,1-2,5,11,14-18,20-30,33H2,(H,51,59)(H,53,60,62)/b13-9+. The first-order valence-electron chi connectivity index (χ1n) is 23.6. The lowest BCUT2D eigenvalue weighted by molar-refractivity contribution is -0.138. The van der Waals surface area contributed by atoms with Crippen LogP contribution >= 0.6 is 11.8 Å². The van der Waals surface area contributed by atoms with E-state index in [2.05, 4.69) is 25.4 Å². The van der Waals surface area contributed by atoms with Crippen LogP contribution in [-0.2, 0) is 23.9 Å². The van der Waals surface area contributed by atoms with Crippen LogP contribution in [0.15, 0.2) is 72.0 Å². The number of nitrogens with one attached hydrogen (secondary N) is 2. The number of likely N-dealkylation sites (tertiary alicyclic amines) is 1. The number of anilines is 1. The number of ether oxygens (including phenoxy) is 1. The Hall–Kier alpha value is -5.98. The van der Waals surface area contributed by atoms with Crippen LogP contribution in [0.3, 0.4) is 0 Å². The second kappa shape index (κ2) is 22.7. The van der Waals surface area contributed by atoms with Crippen LogP contribution in [0.1, 0.15) is 94.4 Å². The van der Waals surface area contributed by atoms with Crippen LogP contribution in [-0.4, -0.2) is 161 Å². The average Bonchev–Trinajstić information content (AvgIpc) is 3.62. The van der Waals surface area contributed by atoms with Crippen LogP contribution < -0.4 is 15.5 Å². The summed E-state index contributed by atoms with van der Waals surface area (Å²) in [6.07, 6.45) is 15.6. The number of amides is 7. The van der Waals surface area contributed by atoms with Crippen molar-refractivity contribution in [2.24, 2.45) is 5.92 Å². The summed E-state index contributed by atoms with van der Waals surface area (Å²) in [5, 5.41) is 5.17. The van der Waals surface area contributed by atoms with Crippen LogP contribution in [0, 0.1) is 5.92 Å². The van der Waals surface area contributed by atoms with Crippen LogP contribution in [0.4, 0.5) is 5.82 Å². The molecule has 4 saturated heterocycles. The summed E-state index contributed by atoms with van der Waals surface area (Å²) >= 11 is 1.35. The molecule has 0 bridgehead atoms. The highest BCUT2D eigenvalue weighted by molar-refractivity contribution is 7.99. The lowest BCUT2D eigenvalue weighted by atomic mass is 9.91. The van der Waals surface area contributed by atoms with E-state index in [0.29, 0.717) is 47.8 Å². The molecule has 4 fully saturated rings. The van der Waals surface area contributed by atoms with E-state index in [4.69, 9.17) is 9.72 Å². The molecule has 1 atom stereocenters. The number of carbonyl (C=O) groups is 7. The van der Waals surface area contributed by atoms with Crippen LogP contribution in [0.25, 0.3) is 6.08 Å². The van der Waals surface area contributed by atoms with Crippen molar-refractivity contribution in [1.29, 1.82) is 0 Å². The van der Waals surface area contributed by atoms with Gasteiger partial charge in [-0.25, -0.2) is 4.98 Å². The predicted octanol–water partition coefficient (Wildman–Crippen LogP) is 3.65. The molecule has 7 amide bonds. The molecule has 7 heterocycles. The Morgan fingerprint density at radius 2 is 1.64 bits per heavy atom. The van der Waals surface area contributed by atoms with E-state index in [-0.39, 0.29) is 54.9 Å². The largest absolute Gasteiger partial charge is 0.371 e. The molecule has 3 aromatic rings. The third kappa shape index (κ3) is 12.0. The molecule has 67 heavy (non-hydrogen) atoms. The number of piperidine rings is 3. The van der Waals surface area contributed by atoms with Gasteiger partial charge >= 0.3 is 0 Å². The molecular weight excluding hydrogens is 875 g/mol. The Balaban J connectivity index is 0.678. The number of aromatic nitrogens is 2. The summed E-state index contributed by atoms with van der Waals surface area (Å²) in [5.74, 6) is -0.357. The molecule has 1 aromatic carbocycles. The Kier molecular flexibility index (Phi) is 16.1. The number of thioether (sulfide) groups is 1. The molecule has 0 spiro atoms. The summed E-state index contributed by atoms with van der Waals surface area (Å²) in [7, 11) is 0. The van der Waals surface area contributed by atoms with E-state index >= 15 is 0 Å². The van der Waals surface area contributed by atoms with Gasteiger partial charge in [0.1, 0.15) is 18.5 Å². The van der Waals surface area contributed by atoms with Gasteiger partial charge in [0.15, 0.2) is 0 Å². The number of piperazine rings is 1. The second-order valence-corrected chi connectivity index (χ2v) is 18.8. The summed E-state index contributed by atoms with van der Waals surface area (Å²) in [6.45, 7) is 6.97. The van der Waals surface area contributed by atoms with E-state index in [0.717, 1.165) is 100 Å². The maximum absolute atomic E-state index is 13.4. The Morgan fingerprint density at radius 1 is 0.836 bits per heavy atom. The number of unbranched alkanes of at least 4 members (excludes halogenated alkanes) is 1. The molecule has 2 N–H and O–H groups in total. The number of fused-ring (bicyclic) bond motifs is 1. The third-order valence-electron chi connectivity index (χ3n) is 13.5. The number of nitrogens with zero attached hydrogens (tertiary/aromatic N) is 7. The molecule has 0 aliphatic carbocycles. The number of imide groups is 2. The molecule has 0 saturated carbocycles. The number of benzene rings is 1. The number of carbonyl (C=O) groups excluding carboxylic acids is 7. The predicted molar refractivity (Wildman–Crippen MR) is 251 cm³/mol. The Morgan fingerprint density at radius 3 is 2.37 bits per heavy atom. The van der Waals surface area contributed by atoms with Gasteiger partial charge < -0.3 is 24.8 Å². The van der Waals surface area contributed by atoms with Crippen molar-refractivity contribution in [2.45, 2.75) is 74.8 Å². The smallest absolute Gasteiger partial charge is 0.263 e. The van der Waals surface area contributed by atoms with E-state index < -0.39 is 29.7 Å². The first-order valence-corrected chi connectivity index (χ1v) is 24.5. The lowest BCUT2D eigenvalue weighted by Crippen LogP contribution is -2.55.